The van der Waals surface area contributed by atoms with E-state index in [1.54, 1.807) is 18.9 Å². The van der Waals surface area contributed by atoms with E-state index in [4.69, 9.17) is 26.1 Å². The lowest BCUT2D eigenvalue weighted by Crippen LogP contribution is -2.48. The summed E-state index contributed by atoms with van der Waals surface area (Å²) >= 11 is 7.52. The minimum absolute atomic E-state index is 0.111. The van der Waals surface area contributed by atoms with Crippen LogP contribution in [0.4, 0.5) is 5.82 Å². The molecule has 1 aromatic heterocycles. The summed E-state index contributed by atoms with van der Waals surface area (Å²) in [5.41, 5.74) is 2.54. The van der Waals surface area contributed by atoms with Crippen molar-refractivity contribution >= 4 is 35.1 Å². The third-order valence-corrected chi connectivity index (χ3v) is 6.03. The molecule has 1 aromatic carbocycles. The van der Waals surface area contributed by atoms with Crippen molar-refractivity contribution in [3.05, 3.63) is 52.0 Å². The van der Waals surface area contributed by atoms with Crippen molar-refractivity contribution in [3.63, 3.8) is 0 Å². The van der Waals surface area contributed by atoms with Crippen LogP contribution in [-0.2, 0) is 16.0 Å². The SMILES string of the molecule is CCSc1nc(N2CCOC[C@@H]2COC)cc(C)c1C(=O)NCc1ccc(Cl)cc1. The molecule has 0 unspecified atom stereocenters. The Bertz CT molecular complexity index is 861. The van der Waals surface area contributed by atoms with Crippen LogP contribution in [0.15, 0.2) is 35.4 Å². The molecule has 3 rings (SSSR count). The summed E-state index contributed by atoms with van der Waals surface area (Å²) in [6, 6.07) is 9.56. The van der Waals surface area contributed by atoms with Gasteiger partial charge in [0, 0.05) is 25.2 Å². The lowest BCUT2D eigenvalue weighted by molar-refractivity contribution is 0.0597. The molecule has 30 heavy (non-hydrogen) atoms. The minimum atomic E-state index is -0.118. The predicted octanol–water partition coefficient (Wildman–Crippen LogP) is 3.94. The summed E-state index contributed by atoms with van der Waals surface area (Å²) in [5.74, 6) is 1.58. The van der Waals surface area contributed by atoms with Crippen LogP contribution in [0.3, 0.4) is 0 Å². The third-order valence-electron chi connectivity index (χ3n) is 4.93. The molecule has 0 saturated carbocycles. The molecule has 6 nitrogen and oxygen atoms in total. The molecule has 1 amide bonds. The number of nitrogens with zero attached hydrogens (tertiary/aromatic N) is 2. The number of aromatic nitrogens is 1. The van der Waals surface area contributed by atoms with E-state index in [1.165, 1.54) is 0 Å². The van der Waals surface area contributed by atoms with Crippen LogP contribution in [0, 0.1) is 6.92 Å². The molecule has 1 fully saturated rings. The molecule has 2 aromatic rings. The first-order chi connectivity index (χ1) is 14.5. The second kappa shape index (κ2) is 11.0. The Morgan fingerprint density at radius 3 is 2.87 bits per heavy atom. The highest BCUT2D eigenvalue weighted by molar-refractivity contribution is 7.99. The Hall–Kier alpha value is -1.80. The Morgan fingerprint density at radius 1 is 1.40 bits per heavy atom. The third kappa shape index (κ3) is 5.66. The van der Waals surface area contributed by atoms with E-state index in [1.807, 2.05) is 37.3 Å². The number of aryl methyl sites for hydroxylation is 1. The number of anilines is 1. The van der Waals surface area contributed by atoms with Gasteiger partial charge in [-0.3, -0.25) is 4.79 Å². The van der Waals surface area contributed by atoms with Gasteiger partial charge in [-0.05, 0) is 42.0 Å². The van der Waals surface area contributed by atoms with Crippen molar-refractivity contribution in [2.24, 2.45) is 0 Å². The fraction of sp³-hybridized carbons (Fsp3) is 0.455. The van der Waals surface area contributed by atoms with Crippen molar-refractivity contribution in [1.29, 1.82) is 0 Å². The fourth-order valence-electron chi connectivity index (χ4n) is 3.45. The average Bonchev–Trinajstić information content (AvgIpc) is 2.74. The number of hydrogen-bond donors (Lipinski definition) is 1. The normalized spacial score (nSPS) is 16.5. The molecule has 0 aliphatic carbocycles. The van der Waals surface area contributed by atoms with E-state index in [2.05, 4.69) is 17.1 Å². The van der Waals surface area contributed by atoms with E-state index in [9.17, 15) is 4.79 Å². The summed E-state index contributed by atoms with van der Waals surface area (Å²) in [7, 11) is 1.69. The number of rotatable bonds is 8. The number of carbonyl (C=O) groups is 1. The van der Waals surface area contributed by atoms with Gasteiger partial charge < -0.3 is 19.7 Å². The van der Waals surface area contributed by atoms with Gasteiger partial charge in [-0.2, -0.15) is 0 Å². The highest BCUT2D eigenvalue weighted by atomic mass is 35.5. The second-order valence-corrected chi connectivity index (χ2v) is 8.79. The van der Waals surface area contributed by atoms with Gasteiger partial charge >= 0.3 is 0 Å². The molecular weight excluding hydrogens is 422 g/mol. The first-order valence-corrected chi connectivity index (χ1v) is 11.4. The van der Waals surface area contributed by atoms with Crippen molar-refractivity contribution in [2.45, 2.75) is 31.5 Å². The molecule has 0 radical (unpaired) electrons. The smallest absolute Gasteiger partial charge is 0.254 e. The number of hydrogen-bond acceptors (Lipinski definition) is 6. The van der Waals surface area contributed by atoms with Crippen LogP contribution in [0.1, 0.15) is 28.4 Å². The number of amides is 1. The fourth-order valence-corrected chi connectivity index (χ4v) is 4.41. The number of carbonyl (C=O) groups excluding carboxylic acids is 1. The maximum atomic E-state index is 13.0. The standard InChI is InChI=1S/C22H28ClN3O3S/c1-4-30-22-20(21(27)24-12-16-5-7-17(23)8-6-16)15(2)11-19(25-22)26-9-10-29-14-18(26)13-28-3/h5-8,11,18H,4,9-10,12-14H2,1-3H3,(H,24,27)/t18-/m0/s1. The van der Waals surface area contributed by atoms with Crippen molar-refractivity contribution < 1.29 is 14.3 Å². The molecule has 0 spiro atoms. The second-order valence-electron chi connectivity index (χ2n) is 7.10. The van der Waals surface area contributed by atoms with E-state index < -0.39 is 0 Å². The van der Waals surface area contributed by atoms with Crippen LogP contribution in [0.5, 0.6) is 0 Å². The largest absolute Gasteiger partial charge is 0.382 e. The number of halogens is 1. The van der Waals surface area contributed by atoms with Gasteiger partial charge in [-0.25, -0.2) is 4.98 Å². The first-order valence-electron chi connectivity index (χ1n) is 10.0. The molecule has 1 N–H and O–H groups in total. The van der Waals surface area contributed by atoms with Gasteiger partial charge in [0.15, 0.2) is 0 Å². The molecule has 2 heterocycles. The number of nitrogens with one attached hydrogen (secondary N) is 1. The van der Waals surface area contributed by atoms with Gasteiger partial charge in [0.25, 0.3) is 5.91 Å². The molecule has 1 aliphatic rings. The van der Waals surface area contributed by atoms with Gasteiger partial charge in [-0.15, -0.1) is 11.8 Å². The topological polar surface area (TPSA) is 63.7 Å². The predicted molar refractivity (Wildman–Crippen MR) is 122 cm³/mol. The van der Waals surface area contributed by atoms with Crippen molar-refractivity contribution in [1.82, 2.24) is 10.3 Å². The quantitative estimate of drug-likeness (QED) is 0.616. The van der Waals surface area contributed by atoms with Crippen LogP contribution in [0.25, 0.3) is 0 Å². The lowest BCUT2D eigenvalue weighted by Gasteiger charge is -2.36. The lowest BCUT2D eigenvalue weighted by atomic mass is 10.1. The van der Waals surface area contributed by atoms with Crippen molar-refractivity contribution in [2.75, 3.05) is 44.1 Å². The zero-order valence-corrected chi connectivity index (χ0v) is 19.2. The number of methoxy groups -OCH3 is 1. The molecule has 8 heteroatoms. The Labute approximate surface area is 187 Å². The van der Waals surface area contributed by atoms with Gasteiger partial charge in [0.2, 0.25) is 0 Å². The molecular formula is C22H28ClN3O3S. The van der Waals surface area contributed by atoms with E-state index >= 15 is 0 Å². The summed E-state index contributed by atoms with van der Waals surface area (Å²) < 4.78 is 11.0. The molecule has 162 valence electrons. The van der Waals surface area contributed by atoms with Crippen LogP contribution in [-0.4, -0.2) is 56.2 Å². The summed E-state index contributed by atoms with van der Waals surface area (Å²) in [4.78, 5) is 20.1. The molecule has 1 saturated heterocycles. The van der Waals surface area contributed by atoms with E-state index in [0.29, 0.717) is 37.0 Å². The maximum absolute atomic E-state index is 13.0. The Morgan fingerprint density at radius 2 is 2.17 bits per heavy atom. The maximum Gasteiger partial charge on any atom is 0.254 e. The number of pyridine rings is 1. The number of morpholine rings is 1. The zero-order valence-electron chi connectivity index (χ0n) is 17.6. The highest BCUT2D eigenvalue weighted by Crippen LogP contribution is 2.29. The van der Waals surface area contributed by atoms with Gasteiger partial charge in [-0.1, -0.05) is 30.7 Å². The number of ether oxygens (including phenoxy) is 2. The number of thioether (sulfide) groups is 1. The minimum Gasteiger partial charge on any atom is -0.382 e. The highest BCUT2D eigenvalue weighted by Gasteiger charge is 2.26. The molecule has 1 atom stereocenters. The van der Waals surface area contributed by atoms with Crippen LogP contribution >= 0.6 is 23.4 Å². The summed E-state index contributed by atoms with van der Waals surface area (Å²) in [6.07, 6.45) is 0. The Kier molecular flexibility index (Phi) is 8.39. The number of benzene rings is 1. The average molecular weight is 450 g/mol. The molecule has 0 bridgehead atoms. The zero-order chi connectivity index (χ0) is 21.5. The first kappa shape index (κ1) is 22.9. The summed E-state index contributed by atoms with van der Waals surface area (Å²) in [5, 5.41) is 4.44. The molecule has 1 aliphatic heterocycles. The van der Waals surface area contributed by atoms with Gasteiger partial charge in [0.1, 0.15) is 10.8 Å². The van der Waals surface area contributed by atoms with Crippen molar-refractivity contribution in [3.8, 4) is 0 Å². The van der Waals surface area contributed by atoms with Crippen LogP contribution in [0.2, 0.25) is 5.02 Å². The Balaban J connectivity index is 1.83. The van der Waals surface area contributed by atoms with Gasteiger partial charge in [0.05, 0.1) is 31.4 Å². The summed E-state index contributed by atoms with van der Waals surface area (Å²) in [6.45, 7) is 7.04. The monoisotopic (exact) mass is 449 g/mol. The van der Waals surface area contributed by atoms with E-state index in [0.717, 1.165) is 34.3 Å². The van der Waals surface area contributed by atoms with E-state index in [-0.39, 0.29) is 11.9 Å². The van der Waals surface area contributed by atoms with Crippen LogP contribution < -0.4 is 10.2 Å².